The number of esters is 1. The quantitative estimate of drug-likeness (QED) is 0.338. The van der Waals surface area contributed by atoms with Crippen LogP contribution >= 0.6 is 0 Å². The van der Waals surface area contributed by atoms with Crippen LogP contribution in [0.3, 0.4) is 0 Å². The van der Waals surface area contributed by atoms with E-state index < -0.39 is 5.97 Å². The zero-order chi connectivity index (χ0) is 14.1. The molecule has 1 aromatic rings. The van der Waals surface area contributed by atoms with Gasteiger partial charge in [0.25, 0.3) is 0 Å². The van der Waals surface area contributed by atoms with Crippen molar-refractivity contribution in [1.82, 2.24) is 0 Å². The molecule has 100 valence electrons. The number of hydrogen-bond acceptors (Lipinski definition) is 5. The normalized spacial score (nSPS) is 10.7. The van der Waals surface area contributed by atoms with Crippen molar-refractivity contribution in [3.05, 3.63) is 35.4 Å². The van der Waals surface area contributed by atoms with Gasteiger partial charge in [0.2, 0.25) is 0 Å². The summed E-state index contributed by atoms with van der Waals surface area (Å²) in [6, 6.07) is 8.91. The molecule has 0 saturated heterocycles. The van der Waals surface area contributed by atoms with Crippen LogP contribution in [0.2, 0.25) is 0 Å². The van der Waals surface area contributed by atoms with Crippen molar-refractivity contribution in [2.24, 2.45) is 0 Å². The number of methoxy groups -OCH3 is 2. The predicted molar refractivity (Wildman–Crippen MR) is 69.4 cm³/mol. The minimum atomic E-state index is -0.676. The van der Waals surface area contributed by atoms with Crippen molar-refractivity contribution in [2.45, 2.75) is 0 Å². The smallest absolute Gasteiger partial charge is 0.348 e. The first-order valence-electron chi connectivity index (χ1n) is 5.63. The Hall–Kier alpha value is -2.32. The summed E-state index contributed by atoms with van der Waals surface area (Å²) in [6.45, 7) is 0.402. The van der Waals surface area contributed by atoms with Crippen molar-refractivity contribution in [1.29, 1.82) is 5.26 Å². The molecular weight excluding hydrogens is 246 g/mol. The lowest BCUT2D eigenvalue weighted by atomic mass is 10.1. The Morgan fingerprint density at radius 1 is 1.32 bits per heavy atom. The summed E-state index contributed by atoms with van der Waals surface area (Å²) in [5, 5.41) is 8.99. The Morgan fingerprint density at radius 2 is 2.05 bits per heavy atom. The Balaban J connectivity index is 2.87. The van der Waals surface area contributed by atoms with E-state index in [0.717, 1.165) is 0 Å². The number of carbonyl (C=O) groups excluding carboxylic acids is 1. The van der Waals surface area contributed by atoms with E-state index in [2.05, 4.69) is 0 Å². The molecular formula is C14H15NO4. The monoisotopic (exact) mass is 261 g/mol. The number of rotatable bonds is 6. The number of nitriles is 1. The highest BCUT2D eigenvalue weighted by Gasteiger charge is 2.11. The Kier molecular flexibility index (Phi) is 6.13. The molecule has 0 amide bonds. The maximum atomic E-state index is 11.6. The summed E-state index contributed by atoms with van der Waals surface area (Å²) in [7, 11) is 3.03. The summed E-state index contributed by atoms with van der Waals surface area (Å²) in [6.07, 6.45) is 1.44. The number of para-hydroxylation sites is 1. The highest BCUT2D eigenvalue weighted by molar-refractivity contribution is 5.98. The number of nitrogens with zero attached hydrogens (tertiary/aromatic N) is 1. The molecule has 1 aromatic carbocycles. The number of carbonyl (C=O) groups is 1. The van der Waals surface area contributed by atoms with Crippen LogP contribution in [-0.4, -0.2) is 33.4 Å². The highest BCUT2D eigenvalue weighted by Crippen LogP contribution is 2.20. The average molecular weight is 261 g/mol. The second-order valence-corrected chi connectivity index (χ2v) is 3.54. The molecule has 0 radical (unpaired) electrons. The third-order valence-electron chi connectivity index (χ3n) is 2.30. The maximum absolute atomic E-state index is 11.6. The molecule has 5 heteroatoms. The van der Waals surface area contributed by atoms with Gasteiger partial charge in [0, 0.05) is 12.7 Å². The third kappa shape index (κ3) is 4.45. The molecule has 0 fully saturated rings. The Labute approximate surface area is 112 Å². The van der Waals surface area contributed by atoms with Crippen LogP contribution in [0.25, 0.3) is 6.08 Å². The number of hydrogen-bond donors (Lipinski definition) is 0. The van der Waals surface area contributed by atoms with Gasteiger partial charge in [-0.15, -0.1) is 0 Å². The molecule has 0 heterocycles. The van der Waals surface area contributed by atoms with Gasteiger partial charge < -0.3 is 14.2 Å². The van der Waals surface area contributed by atoms with E-state index in [1.165, 1.54) is 20.3 Å². The second-order valence-electron chi connectivity index (χ2n) is 3.54. The first-order valence-corrected chi connectivity index (χ1v) is 5.63. The van der Waals surface area contributed by atoms with Crippen LogP contribution in [0.5, 0.6) is 5.75 Å². The largest absolute Gasteiger partial charge is 0.496 e. The summed E-state index contributed by atoms with van der Waals surface area (Å²) in [5.74, 6) is -0.0922. The molecule has 0 saturated carbocycles. The van der Waals surface area contributed by atoms with Gasteiger partial charge in [-0.2, -0.15) is 5.26 Å². The zero-order valence-electron chi connectivity index (χ0n) is 10.9. The fourth-order valence-corrected chi connectivity index (χ4v) is 1.37. The highest BCUT2D eigenvalue weighted by atomic mass is 16.6. The molecule has 0 spiro atoms. The van der Waals surface area contributed by atoms with Gasteiger partial charge in [0.15, 0.2) is 0 Å². The van der Waals surface area contributed by atoms with E-state index in [4.69, 9.17) is 19.5 Å². The summed E-state index contributed by atoms with van der Waals surface area (Å²) in [5.41, 5.74) is 0.561. The first-order chi connectivity index (χ1) is 9.22. The van der Waals surface area contributed by atoms with Crippen LogP contribution in [0.1, 0.15) is 5.56 Å². The van der Waals surface area contributed by atoms with Crippen molar-refractivity contribution < 1.29 is 19.0 Å². The minimum Gasteiger partial charge on any atom is -0.496 e. The van der Waals surface area contributed by atoms with Crippen molar-refractivity contribution in [3.8, 4) is 11.8 Å². The summed E-state index contributed by atoms with van der Waals surface area (Å²) < 4.78 is 14.8. The van der Waals surface area contributed by atoms with Crippen LogP contribution in [0, 0.1) is 11.3 Å². The van der Waals surface area contributed by atoms with Crippen LogP contribution in [-0.2, 0) is 14.3 Å². The maximum Gasteiger partial charge on any atom is 0.348 e. The molecule has 0 atom stereocenters. The van der Waals surface area contributed by atoms with Crippen molar-refractivity contribution in [2.75, 3.05) is 27.4 Å². The van der Waals surface area contributed by atoms with Gasteiger partial charge in [-0.05, 0) is 12.1 Å². The molecule has 0 N–H and O–H groups in total. The van der Waals surface area contributed by atoms with Crippen LogP contribution in [0.4, 0.5) is 0 Å². The molecule has 0 aliphatic heterocycles. The lowest BCUT2D eigenvalue weighted by Crippen LogP contribution is -2.11. The molecule has 1 rings (SSSR count). The summed E-state index contributed by atoms with van der Waals surface area (Å²) in [4.78, 5) is 11.6. The summed E-state index contributed by atoms with van der Waals surface area (Å²) >= 11 is 0. The molecule has 0 aliphatic rings. The van der Waals surface area contributed by atoms with Gasteiger partial charge in [-0.25, -0.2) is 4.79 Å². The molecule has 0 aliphatic carbocycles. The number of ether oxygens (including phenoxy) is 3. The van der Waals surface area contributed by atoms with Gasteiger partial charge in [0.05, 0.1) is 13.7 Å². The van der Waals surface area contributed by atoms with Gasteiger partial charge in [-0.3, -0.25) is 0 Å². The molecule has 0 unspecified atom stereocenters. The fourth-order valence-electron chi connectivity index (χ4n) is 1.37. The van der Waals surface area contributed by atoms with Gasteiger partial charge in [0.1, 0.15) is 24.0 Å². The minimum absolute atomic E-state index is 0.0828. The van der Waals surface area contributed by atoms with Crippen LogP contribution in [0.15, 0.2) is 29.8 Å². The SMILES string of the molecule is COCCOC(=O)/C(C#N)=C\c1ccccc1OC. The van der Waals surface area contributed by atoms with E-state index in [9.17, 15) is 4.79 Å². The van der Waals surface area contributed by atoms with E-state index in [0.29, 0.717) is 17.9 Å². The predicted octanol–water partition coefficient (Wildman–Crippen LogP) is 1.79. The molecule has 19 heavy (non-hydrogen) atoms. The molecule has 0 bridgehead atoms. The van der Waals surface area contributed by atoms with Gasteiger partial charge in [-0.1, -0.05) is 18.2 Å². The fraction of sp³-hybridized carbons (Fsp3) is 0.286. The molecule has 0 aromatic heterocycles. The van der Waals surface area contributed by atoms with Crippen molar-refractivity contribution >= 4 is 12.0 Å². The zero-order valence-corrected chi connectivity index (χ0v) is 10.9. The molecule has 5 nitrogen and oxygen atoms in total. The van der Waals surface area contributed by atoms with Crippen molar-refractivity contribution in [3.63, 3.8) is 0 Å². The van der Waals surface area contributed by atoms with E-state index in [-0.39, 0.29) is 12.2 Å². The second kappa shape index (κ2) is 7.90. The lowest BCUT2D eigenvalue weighted by Gasteiger charge is -2.05. The Morgan fingerprint density at radius 3 is 2.68 bits per heavy atom. The Bertz CT molecular complexity index is 502. The van der Waals surface area contributed by atoms with E-state index >= 15 is 0 Å². The standard InChI is InChI=1S/C14H15NO4/c1-17-7-8-19-14(16)12(10-15)9-11-5-3-4-6-13(11)18-2/h3-6,9H,7-8H2,1-2H3/b12-9-. The lowest BCUT2D eigenvalue weighted by molar-refractivity contribution is -0.139. The number of benzene rings is 1. The third-order valence-corrected chi connectivity index (χ3v) is 2.30. The van der Waals surface area contributed by atoms with E-state index in [1.807, 2.05) is 6.07 Å². The topological polar surface area (TPSA) is 68.5 Å². The average Bonchev–Trinajstić information content (AvgIpc) is 2.45. The first kappa shape index (κ1) is 14.7. The van der Waals surface area contributed by atoms with Crippen LogP contribution < -0.4 is 4.74 Å². The van der Waals surface area contributed by atoms with E-state index in [1.54, 1.807) is 24.3 Å². The van der Waals surface area contributed by atoms with Gasteiger partial charge >= 0.3 is 5.97 Å².